The van der Waals surface area contributed by atoms with Crippen molar-refractivity contribution in [2.75, 3.05) is 23.8 Å². The number of hydrogen-bond acceptors (Lipinski definition) is 5. The second-order valence-corrected chi connectivity index (χ2v) is 4.75. The highest BCUT2D eigenvalue weighted by atomic mass is 35.5. The third-order valence-corrected chi connectivity index (χ3v) is 2.91. The average Bonchev–Trinajstić information content (AvgIpc) is 2.58. The van der Waals surface area contributed by atoms with Crippen LogP contribution < -0.4 is 10.6 Å². The van der Waals surface area contributed by atoms with E-state index in [4.69, 9.17) is 26.3 Å². The van der Waals surface area contributed by atoms with Crippen molar-refractivity contribution in [2.24, 2.45) is 0 Å². The molecule has 0 aromatic heterocycles. The Bertz CT molecular complexity index is 763. The predicted molar refractivity (Wildman–Crippen MR) is 92.2 cm³/mol. The van der Waals surface area contributed by atoms with Gasteiger partial charge in [0.15, 0.2) is 13.2 Å². The molecule has 0 radical (unpaired) electrons. The van der Waals surface area contributed by atoms with Crippen LogP contribution in [0.3, 0.4) is 0 Å². The Hall–Kier alpha value is -3.34. The Morgan fingerprint density at radius 1 is 1.04 bits per heavy atom. The molecule has 1 rings (SSSR count). The number of nitrogens with zero attached hydrogens (tertiary/aromatic N) is 1. The lowest BCUT2D eigenvalue weighted by Crippen LogP contribution is -2.19. The van der Waals surface area contributed by atoms with Crippen LogP contribution in [0.4, 0.5) is 11.4 Å². The van der Waals surface area contributed by atoms with E-state index in [0.717, 1.165) is 0 Å². The van der Waals surface area contributed by atoms with Crippen LogP contribution in [0.25, 0.3) is 0 Å². The van der Waals surface area contributed by atoms with E-state index in [2.05, 4.69) is 34.7 Å². The minimum atomic E-state index is -0.515. The second kappa shape index (κ2) is 10.4. The second-order valence-electron chi connectivity index (χ2n) is 4.37. The molecule has 0 bridgehead atoms. The van der Waals surface area contributed by atoms with Gasteiger partial charge in [-0.15, -0.1) is 0 Å². The SMILES string of the molecule is CC#COCC(=O)Nc1cc(C#N)cc(NC(=O)COC#CC)c1Cl. The third-order valence-electron chi connectivity index (χ3n) is 2.50. The fourth-order valence-corrected chi connectivity index (χ4v) is 1.79. The number of benzene rings is 1. The number of carbonyl (C=O) groups excluding carboxylic acids is 2. The normalized spacial score (nSPS) is 8.56. The largest absolute Gasteiger partial charge is 0.436 e. The fraction of sp³-hybridized carbons (Fsp3) is 0.235. The molecule has 0 atom stereocenters. The van der Waals surface area contributed by atoms with E-state index in [-0.39, 0.29) is 35.2 Å². The number of rotatable bonds is 6. The van der Waals surface area contributed by atoms with E-state index in [1.807, 2.05) is 6.07 Å². The van der Waals surface area contributed by atoms with Gasteiger partial charge in [0.25, 0.3) is 11.8 Å². The topological polar surface area (TPSA) is 100 Å². The first kappa shape index (κ1) is 19.7. The van der Waals surface area contributed by atoms with Crippen molar-refractivity contribution >= 4 is 34.8 Å². The first-order valence-electron chi connectivity index (χ1n) is 6.92. The lowest BCUT2D eigenvalue weighted by molar-refractivity contribution is -0.119. The number of nitriles is 1. The Morgan fingerprint density at radius 2 is 1.48 bits per heavy atom. The van der Waals surface area contributed by atoms with E-state index in [1.165, 1.54) is 12.1 Å². The van der Waals surface area contributed by atoms with Gasteiger partial charge in [0.1, 0.15) is 12.2 Å². The first-order valence-corrected chi connectivity index (χ1v) is 7.30. The molecule has 0 fully saturated rings. The van der Waals surface area contributed by atoms with Crippen LogP contribution in [0.5, 0.6) is 0 Å². The molecule has 1 aromatic carbocycles. The fourth-order valence-electron chi connectivity index (χ4n) is 1.59. The van der Waals surface area contributed by atoms with Crippen LogP contribution in [0.2, 0.25) is 5.02 Å². The van der Waals surface area contributed by atoms with Gasteiger partial charge in [-0.1, -0.05) is 23.4 Å². The summed E-state index contributed by atoms with van der Waals surface area (Å²) in [5.41, 5.74) is 0.505. The zero-order chi connectivity index (χ0) is 18.7. The molecule has 0 saturated heterocycles. The van der Waals surface area contributed by atoms with E-state index in [1.54, 1.807) is 13.8 Å². The van der Waals surface area contributed by atoms with Crippen molar-refractivity contribution in [1.82, 2.24) is 0 Å². The Labute approximate surface area is 150 Å². The average molecular weight is 360 g/mol. The molecule has 25 heavy (non-hydrogen) atoms. The van der Waals surface area contributed by atoms with Crippen LogP contribution >= 0.6 is 11.6 Å². The Morgan fingerprint density at radius 3 is 1.84 bits per heavy atom. The quantitative estimate of drug-likeness (QED) is 0.757. The molecule has 8 heteroatoms. The molecule has 0 spiro atoms. The van der Waals surface area contributed by atoms with Crippen molar-refractivity contribution in [2.45, 2.75) is 13.8 Å². The van der Waals surface area contributed by atoms with Crippen molar-refractivity contribution in [3.8, 4) is 30.1 Å². The molecular weight excluding hydrogens is 346 g/mol. The summed E-state index contributed by atoms with van der Waals surface area (Å²) in [5, 5.41) is 14.1. The van der Waals surface area contributed by atoms with Crippen LogP contribution in [0, 0.1) is 35.4 Å². The minimum absolute atomic E-state index is 0.0591. The highest BCUT2D eigenvalue weighted by molar-refractivity contribution is 6.37. The Balaban J connectivity index is 2.93. The highest BCUT2D eigenvalue weighted by Gasteiger charge is 2.14. The maximum atomic E-state index is 11.8. The van der Waals surface area contributed by atoms with Gasteiger partial charge in [0, 0.05) is 13.8 Å². The summed E-state index contributed by atoms with van der Waals surface area (Å²) < 4.78 is 9.57. The molecule has 0 saturated carbocycles. The molecular formula is C17H14ClN3O4. The summed E-state index contributed by atoms with van der Waals surface area (Å²) >= 11 is 6.17. The number of nitrogens with one attached hydrogen (secondary N) is 2. The van der Waals surface area contributed by atoms with E-state index in [9.17, 15) is 9.59 Å². The molecule has 0 aliphatic rings. The molecule has 2 amide bonds. The maximum Gasteiger partial charge on any atom is 0.263 e. The van der Waals surface area contributed by atoms with Crippen molar-refractivity contribution < 1.29 is 19.1 Å². The molecule has 0 aliphatic carbocycles. The lowest BCUT2D eigenvalue weighted by Gasteiger charge is -2.12. The van der Waals surface area contributed by atoms with Gasteiger partial charge in [-0.25, -0.2) is 0 Å². The summed E-state index contributed by atoms with van der Waals surface area (Å²) in [6.07, 6.45) is 4.57. The van der Waals surface area contributed by atoms with Crippen LogP contribution in [-0.4, -0.2) is 25.0 Å². The first-order chi connectivity index (χ1) is 12.0. The monoisotopic (exact) mass is 359 g/mol. The van der Waals surface area contributed by atoms with Crippen LogP contribution in [-0.2, 0) is 19.1 Å². The van der Waals surface area contributed by atoms with Crippen LogP contribution in [0.1, 0.15) is 19.4 Å². The number of ether oxygens (including phenoxy) is 2. The van der Waals surface area contributed by atoms with Crippen molar-refractivity contribution in [3.05, 3.63) is 22.7 Å². The van der Waals surface area contributed by atoms with Gasteiger partial charge < -0.3 is 20.1 Å². The molecule has 2 N–H and O–H groups in total. The zero-order valence-electron chi connectivity index (χ0n) is 13.5. The van der Waals surface area contributed by atoms with Crippen LogP contribution in [0.15, 0.2) is 12.1 Å². The number of amides is 2. The van der Waals surface area contributed by atoms with Gasteiger partial charge in [0.05, 0.1) is 28.0 Å². The smallest absolute Gasteiger partial charge is 0.263 e. The standard InChI is InChI=1S/C17H14ClN3O4/c1-3-5-24-10-15(22)20-13-7-12(9-19)8-14(17(13)18)21-16(23)11-25-6-4-2/h7-8H,10-11H2,1-2H3,(H,20,22)(H,21,23). The predicted octanol–water partition coefficient (Wildman–Crippen LogP) is 2.08. The molecule has 1 aromatic rings. The number of anilines is 2. The number of hydrogen-bond donors (Lipinski definition) is 2. The molecule has 7 nitrogen and oxygen atoms in total. The Kier molecular flexibility index (Phi) is 8.23. The summed E-state index contributed by atoms with van der Waals surface area (Å²) in [6.45, 7) is 2.52. The van der Waals surface area contributed by atoms with E-state index < -0.39 is 11.8 Å². The van der Waals surface area contributed by atoms with Gasteiger partial charge in [-0.3, -0.25) is 9.59 Å². The summed E-state index contributed by atoms with van der Waals surface area (Å²) in [6, 6.07) is 4.67. The molecule has 0 unspecified atom stereocenters. The molecule has 128 valence electrons. The van der Waals surface area contributed by atoms with Gasteiger partial charge in [-0.05, 0) is 12.1 Å². The molecule has 0 aliphatic heterocycles. The number of carbonyl (C=O) groups is 2. The van der Waals surface area contributed by atoms with Gasteiger partial charge in [-0.2, -0.15) is 5.26 Å². The third kappa shape index (κ3) is 6.74. The lowest BCUT2D eigenvalue weighted by atomic mass is 10.2. The zero-order valence-corrected chi connectivity index (χ0v) is 14.3. The van der Waals surface area contributed by atoms with E-state index in [0.29, 0.717) is 0 Å². The van der Waals surface area contributed by atoms with Crippen molar-refractivity contribution in [3.63, 3.8) is 0 Å². The summed E-state index contributed by atoms with van der Waals surface area (Å²) in [5.74, 6) is 3.93. The molecule has 0 heterocycles. The van der Waals surface area contributed by atoms with Crippen molar-refractivity contribution in [1.29, 1.82) is 5.26 Å². The minimum Gasteiger partial charge on any atom is -0.436 e. The van der Waals surface area contributed by atoms with E-state index >= 15 is 0 Å². The van der Waals surface area contributed by atoms with Gasteiger partial charge in [0.2, 0.25) is 0 Å². The number of halogens is 1. The van der Waals surface area contributed by atoms with Gasteiger partial charge >= 0.3 is 0 Å². The summed E-state index contributed by atoms with van der Waals surface area (Å²) in [7, 11) is 0. The maximum absolute atomic E-state index is 11.8. The summed E-state index contributed by atoms with van der Waals surface area (Å²) in [4.78, 5) is 23.6. The highest BCUT2D eigenvalue weighted by Crippen LogP contribution is 2.32.